The molecule has 4 aromatic rings. The third kappa shape index (κ3) is 6.34. The fourth-order valence-electron chi connectivity index (χ4n) is 3.86. The number of rotatable bonds is 11. The number of ether oxygens (including phenoxy) is 2. The Hall–Kier alpha value is -4.05. The normalized spacial score (nSPS) is 12.5. The zero-order valence-electron chi connectivity index (χ0n) is 21.4. The summed E-state index contributed by atoms with van der Waals surface area (Å²) < 4.78 is 39.1. The molecular formula is C27H27F2N5O4S. The van der Waals surface area contributed by atoms with Crippen molar-refractivity contribution in [2.24, 2.45) is 5.73 Å². The maximum atomic E-state index is 13.3. The molecule has 39 heavy (non-hydrogen) atoms. The van der Waals surface area contributed by atoms with E-state index < -0.39 is 24.2 Å². The van der Waals surface area contributed by atoms with E-state index in [1.807, 2.05) is 13.8 Å². The Kier molecular flexibility index (Phi) is 8.15. The number of aliphatic hydroxyl groups is 1. The number of nitrogens with two attached hydrogens (primary N) is 1. The first kappa shape index (κ1) is 28.0. The number of nitrogens with zero attached hydrogens (tertiary/aromatic N) is 3. The van der Waals surface area contributed by atoms with Crippen LogP contribution in [0.3, 0.4) is 0 Å². The summed E-state index contributed by atoms with van der Waals surface area (Å²) in [7, 11) is 0. The number of nitrogens with one attached hydrogen (secondary N) is 1. The summed E-state index contributed by atoms with van der Waals surface area (Å²) in [6, 6.07) is 11.9. The Labute approximate surface area is 227 Å². The Bertz CT molecular complexity index is 1540. The van der Waals surface area contributed by atoms with Crippen LogP contribution in [0.1, 0.15) is 53.2 Å². The molecule has 0 radical (unpaired) electrons. The van der Waals surface area contributed by atoms with E-state index in [1.165, 1.54) is 6.07 Å². The molecule has 0 fully saturated rings. The standard InChI is InChI=1S/C27H27F2N5O4S/c1-15(18-6-4-16(8-20(18)38-26(28)29)11-33-27(2,3)14-35)37-21-9-22(39-24(21)25(31)36)19-12-32-23-7-5-17(10-30)13-34(19)23/h4-9,12-13,15,26,33,35H,11,14H2,1-3H3,(H2,31,36). The van der Waals surface area contributed by atoms with Crippen molar-refractivity contribution in [3.63, 3.8) is 0 Å². The molecule has 3 aromatic heterocycles. The van der Waals surface area contributed by atoms with Crippen molar-refractivity contribution in [2.75, 3.05) is 6.61 Å². The Morgan fingerprint density at radius 1 is 1.26 bits per heavy atom. The highest BCUT2D eigenvalue weighted by atomic mass is 32.1. The van der Waals surface area contributed by atoms with Gasteiger partial charge >= 0.3 is 6.61 Å². The number of pyridine rings is 1. The Morgan fingerprint density at radius 3 is 2.69 bits per heavy atom. The number of primary amides is 1. The van der Waals surface area contributed by atoms with Gasteiger partial charge in [-0.25, -0.2) is 4.98 Å². The zero-order chi connectivity index (χ0) is 28.3. The molecule has 3 heterocycles. The quantitative estimate of drug-likeness (QED) is 0.245. The maximum Gasteiger partial charge on any atom is 0.387 e. The first-order chi connectivity index (χ1) is 18.5. The number of hydrogen-bond donors (Lipinski definition) is 3. The van der Waals surface area contributed by atoms with Crippen LogP contribution in [-0.2, 0) is 6.54 Å². The summed E-state index contributed by atoms with van der Waals surface area (Å²) in [5.74, 6) is -0.600. The first-order valence-electron chi connectivity index (χ1n) is 11.9. The van der Waals surface area contributed by atoms with Crippen LogP contribution in [-0.4, -0.2) is 39.2 Å². The fraction of sp³-hybridized carbons (Fsp3) is 0.296. The van der Waals surface area contributed by atoms with Gasteiger partial charge in [-0.3, -0.25) is 9.20 Å². The number of carbonyl (C=O) groups excluding carboxylic acids is 1. The molecule has 0 spiro atoms. The van der Waals surface area contributed by atoms with Crippen LogP contribution in [0.15, 0.2) is 48.8 Å². The summed E-state index contributed by atoms with van der Waals surface area (Å²) in [6.07, 6.45) is 2.46. The SMILES string of the molecule is CC(Oc1cc(-c2cnc3ccc(C#N)cn23)sc1C(N)=O)c1ccc(CNC(C)(C)CO)cc1OC(F)F. The molecule has 1 unspecified atom stereocenters. The van der Waals surface area contributed by atoms with E-state index in [2.05, 4.69) is 16.4 Å². The number of alkyl halides is 2. The van der Waals surface area contributed by atoms with Gasteiger partial charge in [0.25, 0.3) is 5.91 Å². The van der Waals surface area contributed by atoms with Gasteiger partial charge in [0.05, 0.1) is 28.9 Å². The molecule has 0 aliphatic heterocycles. The summed E-state index contributed by atoms with van der Waals surface area (Å²) in [5, 5.41) is 21.9. The largest absolute Gasteiger partial charge is 0.484 e. The molecule has 1 amide bonds. The number of benzene rings is 1. The van der Waals surface area contributed by atoms with Crippen LogP contribution in [0, 0.1) is 11.3 Å². The maximum absolute atomic E-state index is 13.3. The van der Waals surface area contributed by atoms with Crippen molar-refractivity contribution in [3.05, 3.63) is 70.4 Å². The number of nitriles is 1. The van der Waals surface area contributed by atoms with E-state index in [4.69, 9.17) is 15.2 Å². The van der Waals surface area contributed by atoms with Crippen molar-refractivity contribution in [1.82, 2.24) is 14.7 Å². The molecule has 1 atom stereocenters. The molecule has 9 nitrogen and oxygen atoms in total. The van der Waals surface area contributed by atoms with E-state index in [0.717, 1.165) is 11.3 Å². The van der Waals surface area contributed by atoms with Gasteiger partial charge in [-0.1, -0.05) is 12.1 Å². The lowest BCUT2D eigenvalue weighted by Crippen LogP contribution is -2.42. The molecule has 0 aliphatic rings. The molecule has 0 bridgehead atoms. The highest BCUT2D eigenvalue weighted by Gasteiger charge is 2.23. The second kappa shape index (κ2) is 11.4. The van der Waals surface area contributed by atoms with Crippen LogP contribution < -0.4 is 20.5 Å². The van der Waals surface area contributed by atoms with E-state index in [9.17, 15) is 23.9 Å². The Morgan fingerprint density at radius 2 is 2.03 bits per heavy atom. The molecule has 0 saturated heterocycles. The second-order valence-corrected chi connectivity index (χ2v) is 10.5. The van der Waals surface area contributed by atoms with Crippen molar-refractivity contribution in [3.8, 4) is 28.1 Å². The molecule has 1 aromatic carbocycles. The number of carbonyl (C=O) groups is 1. The molecule has 0 saturated carbocycles. The summed E-state index contributed by atoms with van der Waals surface area (Å²) in [4.78, 5) is 17.4. The van der Waals surface area contributed by atoms with Crippen LogP contribution in [0.25, 0.3) is 16.2 Å². The van der Waals surface area contributed by atoms with E-state index >= 15 is 0 Å². The molecule has 12 heteroatoms. The number of aromatic nitrogens is 2. The van der Waals surface area contributed by atoms with Crippen LogP contribution in [0.4, 0.5) is 8.78 Å². The number of fused-ring (bicyclic) bond motifs is 1. The van der Waals surface area contributed by atoms with Gasteiger partial charge in [-0.2, -0.15) is 14.0 Å². The van der Waals surface area contributed by atoms with Gasteiger partial charge in [0.2, 0.25) is 0 Å². The minimum atomic E-state index is -3.06. The van der Waals surface area contributed by atoms with Gasteiger partial charge in [0.15, 0.2) is 0 Å². The van der Waals surface area contributed by atoms with Gasteiger partial charge < -0.3 is 25.6 Å². The zero-order valence-corrected chi connectivity index (χ0v) is 22.3. The lowest BCUT2D eigenvalue weighted by Gasteiger charge is -2.24. The third-order valence-corrected chi connectivity index (χ3v) is 7.16. The highest BCUT2D eigenvalue weighted by Crippen LogP contribution is 2.39. The fourth-order valence-corrected chi connectivity index (χ4v) is 4.81. The van der Waals surface area contributed by atoms with Gasteiger partial charge in [0, 0.05) is 29.9 Å². The number of imidazole rings is 1. The lowest BCUT2D eigenvalue weighted by atomic mass is 10.0. The smallest absolute Gasteiger partial charge is 0.387 e. The topological polar surface area (TPSA) is 135 Å². The number of halogens is 2. The van der Waals surface area contributed by atoms with Gasteiger partial charge in [-0.15, -0.1) is 11.3 Å². The Balaban J connectivity index is 1.65. The third-order valence-electron chi connectivity index (χ3n) is 6.01. The van der Waals surface area contributed by atoms with Gasteiger partial charge in [-0.05, 0) is 44.5 Å². The summed E-state index contributed by atoms with van der Waals surface area (Å²) >= 11 is 1.10. The van der Waals surface area contributed by atoms with Crippen molar-refractivity contribution < 1.29 is 28.2 Å². The minimum Gasteiger partial charge on any atom is -0.484 e. The van der Waals surface area contributed by atoms with E-state index in [0.29, 0.717) is 39.5 Å². The van der Waals surface area contributed by atoms with Crippen LogP contribution >= 0.6 is 11.3 Å². The molecule has 4 N–H and O–H groups in total. The second-order valence-electron chi connectivity index (χ2n) is 9.48. The van der Waals surface area contributed by atoms with Crippen LogP contribution in [0.5, 0.6) is 11.5 Å². The molecule has 4 rings (SSSR count). The van der Waals surface area contributed by atoms with Gasteiger partial charge in [0.1, 0.15) is 34.2 Å². The number of thiophene rings is 1. The van der Waals surface area contributed by atoms with Crippen LogP contribution in [0.2, 0.25) is 0 Å². The summed E-state index contributed by atoms with van der Waals surface area (Å²) in [5.41, 5.74) is 7.75. The number of amides is 1. The van der Waals surface area contributed by atoms with Crippen molar-refractivity contribution in [2.45, 2.75) is 45.6 Å². The average molecular weight is 556 g/mol. The van der Waals surface area contributed by atoms with Crippen molar-refractivity contribution in [1.29, 1.82) is 5.26 Å². The van der Waals surface area contributed by atoms with Crippen molar-refractivity contribution >= 4 is 22.9 Å². The lowest BCUT2D eigenvalue weighted by molar-refractivity contribution is -0.0513. The summed E-state index contributed by atoms with van der Waals surface area (Å²) in [6.45, 7) is 2.43. The predicted octanol–water partition coefficient (Wildman–Crippen LogP) is 4.64. The number of hydrogen-bond acceptors (Lipinski definition) is 8. The predicted molar refractivity (Wildman–Crippen MR) is 142 cm³/mol. The molecule has 0 aliphatic carbocycles. The monoisotopic (exact) mass is 555 g/mol. The van der Waals surface area contributed by atoms with E-state index in [1.54, 1.807) is 54.0 Å². The van der Waals surface area contributed by atoms with E-state index in [-0.39, 0.29) is 23.0 Å². The molecular weight excluding hydrogens is 528 g/mol. The average Bonchev–Trinajstić information content (AvgIpc) is 3.51. The minimum absolute atomic E-state index is 0.0690. The molecule has 204 valence electrons. The number of aliphatic hydroxyl groups excluding tert-OH is 1. The first-order valence-corrected chi connectivity index (χ1v) is 12.7. The highest BCUT2D eigenvalue weighted by molar-refractivity contribution is 7.17.